The van der Waals surface area contributed by atoms with Gasteiger partial charge in [0.25, 0.3) is 10.2 Å². The van der Waals surface area contributed by atoms with E-state index in [-0.39, 0.29) is 6.04 Å². The van der Waals surface area contributed by atoms with Crippen molar-refractivity contribution in [3.63, 3.8) is 0 Å². The van der Waals surface area contributed by atoms with Crippen LogP contribution in [0.25, 0.3) is 0 Å². The lowest BCUT2D eigenvalue weighted by Crippen LogP contribution is -2.45. The summed E-state index contributed by atoms with van der Waals surface area (Å²) in [5.41, 5.74) is 5.35. The molecule has 0 bridgehead atoms. The Morgan fingerprint density at radius 2 is 1.94 bits per heavy atom. The number of hydrogen-bond donors (Lipinski definition) is 1. The second-order valence-corrected chi connectivity index (χ2v) is 5.89. The maximum atomic E-state index is 12.0. The molecule has 1 atom stereocenters. The van der Waals surface area contributed by atoms with E-state index in [1.54, 1.807) is 28.1 Å². The van der Waals surface area contributed by atoms with Crippen molar-refractivity contribution in [2.45, 2.75) is 19.4 Å². The summed E-state index contributed by atoms with van der Waals surface area (Å²) >= 11 is 0. The van der Waals surface area contributed by atoms with Gasteiger partial charge in [0.15, 0.2) is 0 Å². The van der Waals surface area contributed by atoms with Crippen molar-refractivity contribution in [3.05, 3.63) is 0 Å². The van der Waals surface area contributed by atoms with Crippen LogP contribution in [-0.4, -0.2) is 64.0 Å². The topological polar surface area (TPSA) is 75.9 Å². The summed E-state index contributed by atoms with van der Waals surface area (Å²) in [4.78, 5) is 0. The minimum Gasteiger partial charge on any atom is -0.383 e. The first-order valence-corrected chi connectivity index (χ1v) is 6.66. The highest BCUT2D eigenvalue weighted by atomic mass is 32.2. The zero-order chi connectivity index (χ0) is 12.8. The summed E-state index contributed by atoms with van der Waals surface area (Å²) in [5, 5.41) is 0. The fraction of sp³-hybridized carbons (Fsp3) is 1.00. The normalized spacial score (nSPS) is 14.7. The Morgan fingerprint density at radius 1 is 1.38 bits per heavy atom. The minimum atomic E-state index is -3.40. The Kier molecular flexibility index (Phi) is 7.09. The summed E-state index contributed by atoms with van der Waals surface area (Å²) in [7, 11) is 1.26. The molecule has 0 aliphatic carbocycles. The number of hydrogen-bond acceptors (Lipinski definition) is 4. The summed E-state index contributed by atoms with van der Waals surface area (Å²) in [6.45, 7) is 3.10. The standard InChI is InChI=1S/C9H23N3O3S/c1-9(8-15-4)12(3)16(13,14)11(2)7-5-6-10/h9H,5-8,10H2,1-4H3. The average molecular weight is 253 g/mol. The molecule has 98 valence electrons. The smallest absolute Gasteiger partial charge is 0.281 e. The predicted octanol–water partition coefficient (Wildman–Crippen LogP) is -0.521. The van der Waals surface area contributed by atoms with Crippen molar-refractivity contribution < 1.29 is 13.2 Å². The highest BCUT2D eigenvalue weighted by Gasteiger charge is 2.26. The first-order valence-electron chi connectivity index (χ1n) is 5.26. The van der Waals surface area contributed by atoms with E-state index in [1.807, 2.05) is 0 Å². The number of likely N-dealkylation sites (N-methyl/N-ethyl adjacent to an activating group) is 1. The second-order valence-electron chi connectivity index (χ2n) is 3.79. The summed E-state index contributed by atoms with van der Waals surface area (Å²) < 4.78 is 31.6. The molecule has 0 heterocycles. The van der Waals surface area contributed by atoms with Gasteiger partial charge in [-0.25, -0.2) is 0 Å². The molecular formula is C9H23N3O3S. The summed E-state index contributed by atoms with van der Waals surface area (Å²) in [6, 6.07) is -0.185. The van der Waals surface area contributed by atoms with Crippen LogP contribution in [0.5, 0.6) is 0 Å². The maximum Gasteiger partial charge on any atom is 0.281 e. The van der Waals surface area contributed by atoms with Crippen LogP contribution in [0.3, 0.4) is 0 Å². The molecular weight excluding hydrogens is 230 g/mol. The molecule has 0 aliphatic rings. The van der Waals surface area contributed by atoms with Crippen LogP contribution in [0.15, 0.2) is 0 Å². The van der Waals surface area contributed by atoms with Crippen LogP contribution < -0.4 is 5.73 Å². The van der Waals surface area contributed by atoms with Gasteiger partial charge in [0.2, 0.25) is 0 Å². The van der Waals surface area contributed by atoms with E-state index < -0.39 is 10.2 Å². The summed E-state index contributed by atoms with van der Waals surface area (Å²) in [6.07, 6.45) is 0.655. The fourth-order valence-corrected chi connectivity index (χ4v) is 2.54. The molecule has 1 unspecified atom stereocenters. The number of nitrogens with zero attached hydrogens (tertiary/aromatic N) is 2. The number of methoxy groups -OCH3 is 1. The Hall–Kier alpha value is -0.210. The lowest BCUT2D eigenvalue weighted by molar-refractivity contribution is 0.146. The van der Waals surface area contributed by atoms with Gasteiger partial charge in [-0.3, -0.25) is 0 Å². The zero-order valence-electron chi connectivity index (χ0n) is 10.5. The van der Waals surface area contributed by atoms with Crippen molar-refractivity contribution in [1.82, 2.24) is 8.61 Å². The molecule has 0 amide bonds. The largest absolute Gasteiger partial charge is 0.383 e. The monoisotopic (exact) mass is 253 g/mol. The predicted molar refractivity (Wildman–Crippen MR) is 64.3 cm³/mol. The SMILES string of the molecule is COCC(C)N(C)S(=O)(=O)N(C)CCCN. The van der Waals surface area contributed by atoms with Crippen molar-refractivity contribution in [1.29, 1.82) is 0 Å². The van der Waals surface area contributed by atoms with Gasteiger partial charge < -0.3 is 10.5 Å². The Bertz CT molecular complexity index is 282. The van der Waals surface area contributed by atoms with Crippen molar-refractivity contribution in [2.24, 2.45) is 5.73 Å². The third-order valence-electron chi connectivity index (χ3n) is 2.46. The van der Waals surface area contributed by atoms with E-state index >= 15 is 0 Å². The molecule has 0 rings (SSSR count). The molecule has 0 aliphatic heterocycles. The molecule has 0 aromatic rings. The van der Waals surface area contributed by atoms with Gasteiger partial charge in [0.1, 0.15) is 0 Å². The number of ether oxygens (including phenoxy) is 1. The fourth-order valence-electron chi connectivity index (χ4n) is 1.22. The van der Waals surface area contributed by atoms with Gasteiger partial charge in [0.05, 0.1) is 6.61 Å². The zero-order valence-corrected chi connectivity index (χ0v) is 11.3. The van der Waals surface area contributed by atoms with Gasteiger partial charge in [0, 0.05) is 33.8 Å². The van der Waals surface area contributed by atoms with Crippen LogP contribution in [0.2, 0.25) is 0 Å². The highest BCUT2D eigenvalue weighted by molar-refractivity contribution is 7.86. The Labute approximate surface area is 98.5 Å². The van der Waals surface area contributed by atoms with Crippen molar-refractivity contribution in [3.8, 4) is 0 Å². The molecule has 0 saturated carbocycles. The Balaban J connectivity index is 4.51. The molecule has 0 spiro atoms. The van der Waals surface area contributed by atoms with Crippen molar-refractivity contribution in [2.75, 3.05) is 40.9 Å². The van der Waals surface area contributed by atoms with Crippen LogP contribution in [-0.2, 0) is 14.9 Å². The first-order chi connectivity index (χ1) is 7.37. The van der Waals surface area contributed by atoms with Crippen LogP contribution in [0, 0.1) is 0 Å². The van der Waals surface area contributed by atoms with E-state index in [0.717, 1.165) is 0 Å². The second kappa shape index (κ2) is 7.18. The minimum absolute atomic E-state index is 0.185. The maximum absolute atomic E-state index is 12.0. The molecule has 0 radical (unpaired) electrons. The molecule has 0 saturated heterocycles. The van der Waals surface area contributed by atoms with Crippen LogP contribution in [0.1, 0.15) is 13.3 Å². The van der Waals surface area contributed by atoms with Crippen molar-refractivity contribution >= 4 is 10.2 Å². The number of nitrogens with two attached hydrogens (primary N) is 1. The third kappa shape index (κ3) is 4.34. The lowest BCUT2D eigenvalue weighted by atomic mass is 10.4. The highest BCUT2D eigenvalue weighted by Crippen LogP contribution is 2.08. The molecule has 6 nitrogen and oxygen atoms in total. The average Bonchev–Trinajstić information content (AvgIpc) is 2.24. The van der Waals surface area contributed by atoms with Crippen LogP contribution >= 0.6 is 0 Å². The Morgan fingerprint density at radius 3 is 2.38 bits per heavy atom. The molecule has 7 heteroatoms. The molecule has 0 aromatic heterocycles. The molecule has 0 aromatic carbocycles. The summed E-state index contributed by atoms with van der Waals surface area (Å²) in [5.74, 6) is 0. The molecule has 2 N–H and O–H groups in total. The van der Waals surface area contributed by atoms with E-state index in [0.29, 0.717) is 26.1 Å². The van der Waals surface area contributed by atoms with Gasteiger partial charge in [-0.05, 0) is 19.9 Å². The van der Waals surface area contributed by atoms with Gasteiger partial charge in [-0.15, -0.1) is 0 Å². The van der Waals surface area contributed by atoms with Crippen LogP contribution in [0.4, 0.5) is 0 Å². The first kappa shape index (κ1) is 15.8. The molecule has 16 heavy (non-hydrogen) atoms. The van der Waals surface area contributed by atoms with E-state index in [2.05, 4.69) is 0 Å². The van der Waals surface area contributed by atoms with E-state index in [4.69, 9.17) is 10.5 Å². The molecule has 0 fully saturated rings. The quantitative estimate of drug-likeness (QED) is 0.631. The van der Waals surface area contributed by atoms with Gasteiger partial charge in [-0.1, -0.05) is 0 Å². The third-order valence-corrected chi connectivity index (χ3v) is 4.52. The van der Waals surface area contributed by atoms with Gasteiger partial charge >= 0.3 is 0 Å². The van der Waals surface area contributed by atoms with E-state index in [9.17, 15) is 8.42 Å². The number of rotatable bonds is 8. The van der Waals surface area contributed by atoms with Gasteiger partial charge in [-0.2, -0.15) is 17.0 Å². The lowest BCUT2D eigenvalue weighted by Gasteiger charge is -2.28. The van der Waals surface area contributed by atoms with E-state index in [1.165, 1.54) is 8.61 Å².